The number of benzene rings is 2. The number of methoxy groups -OCH3 is 1. The Labute approximate surface area is 148 Å². The van der Waals surface area contributed by atoms with Crippen LogP contribution in [-0.2, 0) is 4.79 Å². The number of thiocarbonyl (C=S) groups is 1. The fourth-order valence-electron chi connectivity index (χ4n) is 2.26. The molecule has 2 aromatic rings. The zero-order valence-electron chi connectivity index (χ0n) is 12.6. The summed E-state index contributed by atoms with van der Waals surface area (Å²) in [7, 11) is 1.46. The molecule has 2 N–H and O–H groups in total. The SMILES string of the molecule is COc1cc(/C=C2\SC(=S)N(c3cccc(O)c3)C2=O)ccc1O. The predicted molar refractivity (Wildman–Crippen MR) is 98.4 cm³/mol. The second-order valence-corrected chi connectivity index (χ2v) is 6.64. The second kappa shape index (κ2) is 6.54. The van der Waals surface area contributed by atoms with E-state index in [9.17, 15) is 15.0 Å². The molecule has 2 aromatic carbocycles. The number of carbonyl (C=O) groups is 1. The number of ether oxygens (including phenoxy) is 1. The standard InChI is InChI=1S/C17H13NO4S2/c1-22-14-7-10(5-6-13(14)20)8-15-16(21)18(17(23)24-15)11-3-2-4-12(19)9-11/h2-9,19-20H,1H3/b15-8-. The van der Waals surface area contributed by atoms with E-state index >= 15 is 0 Å². The number of hydrogen-bond donors (Lipinski definition) is 2. The summed E-state index contributed by atoms with van der Waals surface area (Å²) in [6, 6.07) is 11.2. The van der Waals surface area contributed by atoms with E-state index in [0.717, 1.165) is 0 Å². The normalized spacial score (nSPS) is 16.0. The van der Waals surface area contributed by atoms with Crippen LogP contribution < -0.4 is 9.64 Å². The molecule has 0 saturated carbocycles. The molecule has 0 bridgehead atoms. The number of phenolic OH excluding ortho intramolecular Hbond substituents is 2. The molecular weight excluding hydrogens is 346 g/mol. The van der Waals surface area contributed by atoms with Crippen LogP contribution in [0.2, 0.25) is 0 Å². The first-order chi connectivity index (χ1) is 11.5. The van der Waals surface area contributed by atoms with E-state index in [4.69, 9.17) is 17.0 Å². The molecule has 24 heavy (non-hydrogen) atoms. The van der Waals surface area contributed by atoms with Crippen molar-refractivity contribution in [2.75, 3.05) is 12.0 Å². The summed E-state index contributed by atoms with van der Waals surface area (Å²) in [5, 5.41) is 19.2. The Bertz CT molecular complexity index is 863. The lowest BCUT2D eigenvalue weighted by atomic mass is 10.2. The number of rotatable bonds is 3. The van der Waals surface area contributed by atoms with Crippen LogP contribution in [0.5, 0.6) is 17.2 Å². The summed E-state index contributed by atoms with van der Waals surface area (Å²) in [6.07, 6.45) is 1.68. The van der Waals surface area contributed by atoms with E-state index in [0.29, 0.717) is 26.2 Å². The lowest BCUT2D eigenvalue weighted by Crippen LogP contribution is -2.27. The molecule has 0 atom stereocenters. The second-order valence-electron chi connectivity index (χ2n) is 4.97. The lowest BCUT2D eigenvalue weighted by Gasteiger charge is -2.14. The lowest BCUT2D eigenvalue weighted by molar-refractivity contribution is -0.113. The molecule has 1 heterocycles. The number of nitrogens with zero attached hydrogens (tertiary/aromatic N) is 1. The molecule has 5 nitrogen and oxygen atoms in total. The largest absolute Gasteiger partial charge is 0.508 e. The minimum Gasteiger partial charge on any atom is -0.508 e. The molecule has 1 fully saturated rings. The molecule has 1 amide bonds. The Morgan fingerprint density at radius 2 is 2.00 bits per heavy atom. The third-order valence-corrected chi connectivity index (χ3v) is 4.69. The van der Waals surface area contributed by atoms with Crippen LogP contribution in [0.15, 0.2) is 47.4 Å². The van der Waals surface area contributed by atoms with E-state index in [-0.39, 0.29) is 17.4 Å². The molecule has 1 aliphatic rings. The van der Waals surface area contributed by atoms with Gasteiger partial charge in [-0.05, 0) is 35.9 Å². The van der Waals surface area contributed by atoms with Crippen molar-refractivity contribution in [2.45, 2.75) is 0 Å². The van der Waals surface area contributed by atoms with Crippen LogP contribution in [-0.4, -0.2) is 27.6 Å². The monoisotopic (exact) mass is 359 g/mol. The smallest absolute Gasteiger partial charge is 0.270 e. The fourth-order valence-corrected chi connectivity index (χ4v) is 3.56. The summed E-state index contributed by atoms with van der Waals surface area (Å²) in [4.78, 5) is 14.5. The Morgan fingerprint density at radius 1 is 1.21 bits per heavy atom. The molecule has 0 spiro atoms. The van der Waals surface area contributed by atoms with Crippen molar-refractivity contribution in [3.63, 3.8) is 0 Å². The van der Waals surface area contributed by atoms with Gasteiger partial charge in [0.15, 0.2) is 15.8 Å². The molecule has 122 valence electrons. The number of carbonyl (C=O) groups excluding carboxylic acids is 1. The number of thioether (sulfide) groups is 1. The molecule has 0 radical (unpaired) electrons. The molecule has 0 aliphatic carbocycles. The summed E-state index contributed by atoms with van der Waals surface area (Å²) in [6.45, 7) is 0. The molecule has 0 aromatic heterocycles. The quantitative estimate of drug-likeness (QED) is 0.646. The number of phenols is 2. The summed E-state index contributed by atoms with van der Waals surface area (Å²) in [5.41, 5.74) is 1.23. The summed E-state index contributed by atoms with van der Waals surface area (Å²) < 4.78 is 5.46. The first-order valence-electron chi connectivity index (χ1n) is 6.93. The van der Waals surface area contributed by atoms with Gasteiger partial charge in [0.2, 0.25) is 0 Å². The van der Waals surface area contributed by atoms with E-state index in [2.05, 4.69) is 0 Å². The van der Waals surface area contributed by atoms with Crippen molar-refractivity contribution in [1.82, 2.24) is 0 Å². The van der Waals surface area contributed by atoms with Gasteiger partial charge in [-0.2, -0.15) is 0 Å². The maximum absolute atomic E-state index is 12.6. The van der Waals surface area contributed by atoms with Gasteiger partial charge in [-0.1, -0.05) is 36.1 Å². The highest BCUT2D eigenvalue weighted by Gasteiger charge is 2.33. The van der Waals surface area contributed by atoms with Gasteiger partial charge in [-0.3, -0.25) is 9.69 Å². The summed E-state index contributed by atoms with van der Waals surface area (Å²) in [5.74, 6) is 0.158. The van der Waals surface area contributed by atoms with Crippen molar-refractivity contribution >= 4 is 46.0 Å². The van der Waals surface area contributed by atoms with Crippen LogP contribution >= 0.6 is 24.0 Å². The van der Waals surface area contributed by atoms with Gasteiger partial charge in [-0.15, -0.1) is 0 Å². The number of amides is 1. The van der Waals surface area contributed by atoms with Crippen molar-refractivity contribution < 1.29 is 19.7 Å². The van der Waals surface area contributed by atoms with Crippen LogP contribution in [0.3, 0.4) is 0 Å². The number of anilines is 1. The minimum absolute atomic E-state index is 0.0296. The molecule has 3 rings (SSSR count). The van der Waals surface area contributed by atoms with Gasteiger partial charge < -0.3 is 14.9 Å². The highest BCUT2D eigenvalue weighted by Crippen LogP contribution is 2.37. The Hall–Kier alpha value is -2.51. The first-order valence-corrected chi connectivity index (χ1v) is 8.16. The van der Waals surface area contributed by atoms with Gasteiger partial charge in [0.05, 0.1) is 17.7 Å². The van der Waals surface area contributed by atoms with Gasteiger partial charge >= 0.3 is 0 Å². The average Bonchev–Trinajstić information content (AvgIpc) is 2.83. The van der Waals surface area contributed by atoms with E-state index in [1.807, 2.05) is 0 Å². The Balaban J connectivity index is 1.94. The maximum Gasteiger partial charge on any atom is 0.270 e. The van der Waals surface area contributed by atoms with Crippen LogP contribution in [0.1, 0.15) is 5.56 Å². The minimum atomic E-state index is -0.261. The first kappa shape index (κ1) is 16.4. The van der Waals surface area contributed by atoms with Crippen molar-refractivity contribution in [2.24, 2.45) is 0 Å². The Kier molecular flexibility index (Phi) is 4.46. The van der Waals surface area contributed by atoms with Crippen LogP contribution in [0, 0.1) is 0 Å². The van der Waals surface area contributed by atoms with Crippen molar-refractivity contribution in [1.29, 1.82) is 0 Å². The summed E-state index contributed by atoms with van der Waals surface area (Å²) >= 11 is 6.47. The third kappa shape index (κ3) is 3.08. The number of hydrogen-bond acceptors (Lipinski definition) is 6. The molecule has 1 saturated heterocycles. The molecule has 7 heteroatoms. The van der Waals surface area contributed by atoms with E-state index < -0.39 is 0 Å². The predicted octanol–water partition coefficient (Wildman–Crippen LogP) is 3.51. The fraction of sp³-hybridized carbons (Fsp3) is 0.0588. The zero-order chi connectivity index (χ0) is 17.3. The van der Waals surface area contributed by atoms with E-state index in [1.165, 1.54) is 42.0 Å². The van der Waals surface area contributed by atoms with Gasteiger partial charge in [0.25, 0.3) is 5.91 Å². The van der Waals surface area contributed by atoms with Crippen molar-refractivity contribution in [3.8, 4) is 17.2 Å². The zero-order valence-corrected chi connectivity index (χ0v) is 14.2. The van der Waals surface area contributed by atoms with Crippen LogP contribution in [0.25, 0.3) is 6.08 Å². The molecule has 0 unspecified atom stereocenters. The highest BCUT2D eigenvalue weighted by molar-refractivity contribution is 8.27. The topological polar surface area (TPSA) is 70.0 Å². The molecular formula is C17H13NO4S2. The Morgan fingerprint density at radius 3 is 2.71 bits per heavy atom. The average molecular weight is 359 g/mol. The number of aromatic hydroxyl groups is 2. The van der Waals surface area contributed by atoms with Gasteiger partial charge in [0.1, 0.15) is 5.75 Å². The van der Waals surface area contributed by atoms with Gasteiger partial charge in [-0.25, -0.2) is 0 Å². The highest BCUT2D eigenvalue weighted by atomic mass is 32.2. The van der Waals surface area contributed by atoms with Crippen molar-refractivity contribution in [3.05, 3.63) is 52.9 Å². The van der Waals surface area contributed by atoms with E-state index in [1.54, 1.807) is 30.3 Å². The van der Waals surface area contributed by atoms with Crippen LogP contribution in [0.4, 0.5) is 5.69 Å². The molecule has 1 aliphatic heterocycles. The third-order valence-electron chi connectivity index (χ3n) is 3.38. The maximum atomic E-state index is 12.6. The van der Waals surface area contributed by atoms with Gasteiger partial charge in [0, 0.05) is 6.07 Å².